The van der Waals surface area contributed by atoms with Gasteiger partial charge in [-0.25, -0.2) is 8.42 Å². The Morgan fingerprint density at radius 2 is 1.79 bits per heavy atom. The van der Waals surface area contributed by atoms with Gasteiger partial charge in [0.05, 0.1) is 19.0 Å². The largest absolute Gasteiger partial charge is 0.348 e. The number of rotatable bonds is 5. The van der Waals surface area contributed by atoms with Gasteiger partial charge in [-0.2, -0.15) is 0 Å². The van der Waals surface area contributed by atoms with Crippen molar-refractivity contribution in [1.82, 2.24) is 4.90 Å². The third kappa shape index (κ3) is 4.41. The molecule has 0 radical (unpaired) electrons. The maximum atomic E-state index is 11.1. The Bertz CT molecular complexity index is 379. The zero-order valence-electron chi connectivity index (χ0n) is 11.9. The Morgan fingerprint density at radius 1 is 1.21 bits per heavy atom. The van der Waals surface area contributed by atoms with E-state index in [1.165, 1.54) is 6.26 Å². The second-order valence-corrected chi connectivity index (χ2v) is 8.06. The SMILES string of the molecule is CN(CCCS(C)(=O)=O)C1CCC2(CC1)OCCO2. The van der Waals surface area contributed by atoms with Gasteiger partial charge >= 0.3 is 0 Å². The summed E-state index contributed by atoms with van der Waals surface area (Å²) in [5, 5.41) is 0. The molecule has 2 aliphatic rings. The molecule has 2 fully saturated rings. The van der Waals surface area contributed by atoms with Crippen LogP contribution in [0.4, 0.5) is 0 Å². The first kappa shape index (κ1) is 15.2. The van der Waals surface area contributed by atoms with Crippen LogP contribution in [0.3, 0.4) is 0 Å². The smallest absolute Gasteiger partial charge is 0.168 e. The summed E-state index contributed by atoms with van der Waals surface area (Å²) < 4.78 is 33.6. The van der Waals surface area contributed by atoms with Gasteiger partial charge < -0.3 is 14.4 Å². The van der Waals surface area contributed by atoms with E-state index in [1.807, 2.05) is 0 Å². The predicted octanol–water partition coefficient (Wildman–Crippen LogP) is 1.04. The summed E-state index contributed by atoms with van der Waals surface area (Å²) in [5.41, 5.74) is 0. The summed E-state index contributed by atoms with van der Waals surface area (Å²) in [7, 11) is -0.751. The fourth-order valence-electron chi connectivity index (χ4n) is 3.03. The molecule has 0 aromatic carbocycles. The third-order valence-corrected chi connectivity index (χ3v) is 5.21. The Kier molecular flexibility index (Phi) is 4.87. The molecule has 1 heterocycles. The minimum atomic E-state index is -2.84. The quantitative estimate of drug-likeness (QED) is 0.757. The highest BCUT2D eigenvalue weighted by molar-refractivity contribution is 7.90. The monoisotopic (exact) mass is 291 g/mol. The minimum absolute atomic E-state index is 0.278. The minimum Gasteiger partial charge on any atom is -0.348 e. The van der Waals surface area contributed by atoms with Crippen molar-refractivity contribution in [2.45, 2.75) is 43.9 Å². The molecule has 0 aromatic rings. The maximum Gasteiger partial charge on any atom is 0.168 e. The molecule has 19 heavy (non-hydrogen) atoms. The summed E-state index contributed by atoms with van der Waals surface area (Å²) in [6.07, 6.45) is 6.04. The van der Waals surface area contributed by atoms with Gasteiger partial charge in [0.2, 0.25) is 0 Å². The van der Waals surface area contributed by atoms with E-state index in [1.54, 1.807) is 0 Å². The summed E-state index contributed by atoms with van der Waals surface area (Å²) in [4.78, 5) is 2.28. The molecule has 0 bridgehead atoms. The molecule has 0 aromatic heterocycles. The number of hydrogen-bond donors (Lipinski definition) is 0. The van der Waals surface area contributed by atoms with Gasteiger partial charge in [-0.05, 0) is 32.9 Å². The Hall–Kier alpha value is -0.170. The first-order valence-corrected chi connectivity index (χ1v) is 9.12. The van der Waals surface area contributed by atoms with E-state index in [4.69, 9.17) is 9.47 Å². The van der Waals surface area contributed by atoms with Gasteiger partial charge in [0.25, 0.3) is 0 Å². The van der Waals surface area contributed by atoms with Gasteiger partial charge in [0, 0.05) is 25.1 Å². The van der Waals surface area contributed by atoms with Crippen molar-refractivity contribution in [3.8, 4) is 0 Å². The molecule has 0 atom stereocenters. The van der Waals surface area contributed by atoms with E-state index in [-0.39, 0.29) is 11.5 Å². The fourth-order valence-corrected chi connectivity index (χ4v) is 3.68. The lowest BCUT2D eigenvalue weighted by Crippen LogP contribution is -2.43. The topological polar surface area (TPSA) is 55.8 Å². The summed E-state index contributed by atoms with van der Waals surface area (Å²) in [6.45, 7) is 2.27. The van der Waals surface area contributed by atoms with E-state index in [9.17, 15) is 8.42 Å². The van der Waals surface area contributed by atoms with Crippen LogP contribution in [0.15, 0.2) is 0 Å². The van der Waals surface area contributed by atoms with E-state index in [2.05, 4.69) is 11.9 Å². The Morgan fingerprint density at radius 3 is 2.32 bits per heavy atom. The second-order valence-electron chi connectivity index (χ2n) is 5.80. The summed E-state index contributed by atoms with van der Waals surface area (Å²) >= 11 is 0. The lowest BCUT2D eigenvalue weighted by Gasteiger charge is -2.39. The van der Waals surface area contributed by atoms with Gasteiger partial charge in [-0.15, -0.1) is 0 Å². The molecule has 112 valence electrons. The Balaban J connectivity index is 1.71. The highest BCUT2D eigenvalue weighted by Gasteiger charge is 2.40. The first-order chi connectivity index (χ1) is 8.90. The van der Waals surface area contributed by atoms with Crippen LogP contribution in [0, 0.1) is 0 Å². The van der Waals surface area contributed by atoms with E-state index in [0.717, 1.165) is 45.4 Å². The molecule has 1 spiro atoms. The van der Waals surface area contributed by atoms with Crippen LogP contribution in [-0.4, -0.2) is 64.0 Å². The van der Waals surface area contributed by atoms with Gasteiger partial charge in [0.15, 0.2) is 5.79 Å². The van der Waals surface area contributed by atoms with Crippen molar-refractivity contribution in [1.29, 1.82) is 0 Å². The van der Waals surface area contributed by atoms with Crippen LogP contribution in [0.25, 0.3) is 0 Å². The van der Waals surface area contributed by atoms with Crippen molar-refractivity contribution in [3.63, 3.8) is 0 Å². The normalized spacial score (nSPS) is 24.4. The molecular weight excluding hydrogens is 266 g/mol. The standard InChI is InChI=1S/C13H25NO4S/c1-14(8-3-11-19(2,15)16)12-4-6-13(7-5-12)17-9-10-18-13/h12H,3-11H2,1-2H3. The number of sulfone groups is 1. The van der Waals surface area contributed by atoms with Crippen molar-refractivity contribution in [3.05, 3.63) is 0 Å². The average molecular weight is 291 g/mol. The highest BCUT2D eigenvalue weighted by Crippen LogP contribution is 2.37. The summed E-state index contributed by atoms with van der Waals surface area (Å²) in [5.74, 6) is -0.0235. The van der Waals surface area contributed by atoms with Crippen LogP contribution in [0.5, 0.6) is 0 Å². The molecule has 1 aliphatic heterocycles. The molecule has 6 heteroatoms. The zero-order valence-corrected chi connectivity index (χ0v) is 12.7. The number of nitrogens with zero attached hydrogens (tertiary/aromatic N) is 1. The number of ether oxygens (including phenoxy) is 2. The zero-order chi connectivity index (χ0) is 13.9. The van der Waals surface area contributed by atoms with Crippen molar-refractivity contribution in [2.75, 3.05) is 38.8 Å². The molecule has 2 rings (SSSR count). The molecule has 1 saturated carbocycles. The van der Waals surface area contributed by atoms with Gasteiger partial charge in [0.1, 0.15) is 9.84 Å². The third-order valence-electron chi connectivity index (χ3n) is 4.18. The second kappa shape index (κ2) is 6.08. The highest BCUT2D eigenvalue weighted by atomic mass is 32.2. The average Bonchev–Trinajstić information content (AvgIpc) is 2.77. The van der Waals surface area contributed by atoms with Gasteiger partial charge in [-0.1, -0.05) is 0 Å². The fraction of sp³-hybridized carbons (Fsp3) is 1.00. The first-order valence-electron chi connectivity index (χ1n) is 7.06. The molecular formula is C13H25NO4S. The van der Waals surface area contributed by atoms with Gasteiger partial charge in [-0.3, -0.25) is 0 Å². The molecule has 0 unspecified atom stereocenters. The number of hydrogen-bond acceptors (Lipinski definition) is 5. The molecule has 1 aliphatic carbocycles. The maximum absolute atomic E-state index is 11.1. The molecule has 0 N–H and O–H groups in total. The molecule has 0 amide bonds. The summed E-state index contributed by atoms with van der Waals surface area (Å²) in [6, 6.07) is 0.526. The predicted molar refractivity (Wildman–Crippen MR) is 73.8 cm³/mol. The molecule has 1 saturated heterocycles. The molecule has 5 nitrogen and oxygen atoms in total. The van der Waals surface area contributed by atoms with Crippen LogP contribution in [0.2, 0.25) is 0 Å². The van der Waals surface area contributed by atoms with Crippen LogP contribution in [0.1, 0.15) is 32.1 Å². The van der Waals surface area contributed by atoms with Crippen LogP contribution < -0.4 is 0 Å². The van der Waals surface area contributed by atoms with Crippen LogP contribution >= 0.6 is 0 Å². The Labute approximate surface area is 116 Å². The van der Waals surface area contributed by atoms with E-state index >= 15 is 0 Å². The van der Waals surface area contributed by atoms with Crippen LogP contribution in [-0.2, 0) is 19.3 Å². The lowest BCUT2D eigenvalue weighted by molar-refractivity contribution is -0.183. The van der Waals surface area contributed by atoms with Crippen molar-refractivity contribution >= 4 is 9.84 Å². The van der Waals surface area contributed by atoms with Crippen molar-refractivity contribution in [2.24, 2.45) is 0 Å². The van der Waals surface area contributed by atoms with Crippen molar-refractivity contribution < 1.29 is 17.9 Å². The van der Waals surface area contributed by atoms with E-state index in [0.29, 0.717) is 12.5 Å². The lowest BCUT2D eigenvalue weighted by atomic mass is 9.89. The van der Waals surface area contributed by atoms with E-state index < -0.39 is 9.84 Å².